The largest absolute Gasteiger partial charge is 0.396 e. The van der Waals surface area contributed by atoms with Crippen LogP contribution in [-0.4, -0.2) is 23.2 Å². The number of rotatable bonds is 6. The molecule has 1 aliphatic rings. The highest BCUT2D eigenvalue weighted by molar-refractivity contribution is 7.14. The summed E-state index contributed by atoms with van der Waals surface area (Å²) in [6.45, 7) is 1.12. The zero-order valence-corrected chi connectivity index (χ0v) is 11.9. The monoisotopic (exact) mass is 292 g/mol. The van der Waals surface area contributed by atoms with Crippen LogP contribution in [0, 0.1) is 11.2 Å². The third-order valence-electron chi connectivity index (χ3n) is 3.86. The van der Waals surface area contributed by atoms with E-state index < -0.39 is 0 Å². The molecule has 2 N–H and O–H groups in total. The maximum Gasteiger partial charge on any atom is 0.183 e. The first kappa shape index (κ1) is 13.5. The number of nitrogens with one attached hydrogen (secondary N) is 1. The number of aliphatic hydroxyl groups is 1. The first-order valence-corrected chi connectivity index (χ1v) is 7.65. The number of hydrogen-bond donors (Lipinski definition) is 2. The van der Waals surface area contributed by atoms with E-state index >= 15 is 0 Å². The lowest BCUT2D eigenvalue weighted by molar-refractivity contribution is 0.253. The molecule has 0 bridgehead atoms. The van der Waals surface area contributed by atoms with Crippen LogP contribution in [0.2, 0.25) is 0 Å². The number of hydrogen-bond acceptors (Lipinski definition) is 4. The smallest absolute Gasteiger partial charge is 0.183 e. The molecular weight excluding hydrogens is 275 g/mol. The normalized spacial score (nSPS) is 16.1. The summed E-state index contributed by atoms with van der Waals surface area (Å²) in [5.74, 6) is -0.234. The fourth-order valence-corrected chi connectivity index (χ4v) is 3.02. The third kappa shape index (κ3) is 2.99. The lowest BCUT2D eigenvalue weighted by atomic mass is 10.0. The van der Waals surface area contributed by atoms with Gasteiger partial charge in [0.2, 0.25) is 0 Å². The van der Waals surface area contributed by atoms with Crippen LogP contribution in [0.5, 0.6) is 0 Å². The first-order valence-electron chi connectivity index (χ1n) is 6.77. The fourth-order valence-electron chi connectivity index (χ4n) is 2.30. The predicted molar refractivity (Wildman–Crippen MR) is 79.4 cm³/mol. The SMILES string of the molecule is OCCC1(CNc2nc(-c3ccc(F)cc3)cs2)CC1. The molecule has 1 heterocycles. The van der Waals surface area contributed by atoms with Crippen LogP contribution in [0.25, 0.3) is 11.3 Å². The van der Waals surface area contributed by atoms with Gasteiger partial charge in [-0.25, -0.2) is 9.37 Å². The van der Waals surface area contributed by atoms with Crippen molar-refractivity contribution in [3.05, 3.63) is 35.5 Å². The van der Waals surface area contributed by atoms with Crippen molar-refractivity contribution >= 4 is 16.5 Å². The second kappa shape index (κ2) is 5.50. The molecule has 0 amide bonds. The van der Waals surface area contributed by atoms with E-state index in [4.69, 9.17) is 5.11 Å². The first-order chi connectivity index (χ1) is 9.71. The average molecular weight is 292 g/mol. The van der Waals surface area contributed by atoms with Crippen LogP contribution in [0.15, 0.2) is 29.6 Å². The molecule has 0 aliphatic heterocycles. The Morgan fingerprint density at radius 1 is 1.30 bits per heavy atom. The van der Waals surface area contributed by atoms with E-state index in [0.717, 1.165) is 29.4 Å². The minimum absolute atomic E-state index is 0.234. The summed E-state index contributed by atoms with van der Waals surface area (Å²) in [6, 6.07) is 6.37. The summed E-state index contributed by atoms with van der Waals surface area (Å²) in [6.07, 6.45) is 3.21. The van der Waals surface area contributed by atoms with Crippen LogP contribution >= 0.6 is 11.3 Å². The number of aromatic nitrogens is 1. The van der Waals surface area contributed by atoms with Crippen molar-refractivity contribution in [2.75, 3.05) is 18.5 Å². The summed E-state index contributed by atoms with van der Waals surface area (Å²) >= 11 is 1.56. The Labute approximate surface area is 121 Å². The van der Waals surface area contributed by atoms with Crippen molar-refractivity contribution < 1.29 is 9.50 Å². The highest BCUT2D eigenvalue weighted by atomic mass is 32.1. The second-order valence-electron chi connectivity index (χ2n) is 5.37. The summed E-state index contributed by atoms with van der Waals surface area (Å²) in [7, 11) is 0. The van der Waals surface area contributed by atoms with Gasteiger partial charge in [-0.2, -0.15) is 0 Å². The van der Waals surface area contributed by atoms with Gasteiger partial charge in [0, 0.05) is 24.1 Å². The van der Waals surface area contributed by atoms with Gasteiger partial charge in [-0.3, -0.25) is 0 Å². The number of nitrogens with zero attached hydrogens (tertiary/aromatic N) is 1. The van der Waals surface area contributed by atoms with Crippen molar-refractivity contribution in [3.63, 3.8) is 0 Å². The lowest BCUT2D eigenvalue weighted by Gasteiger charge is -2.13. The molecule has 0 unspecified atom stereocenters. The number of aliphatic hydroxyl groups excluding tert-OH is 1. The van der Waals surface area contributed by atoms with E-state index in [1.165, 1.54) is 25.0 Å². The Hall–Kier alpha value is -1.46. The molecule has 20 heavy (non-hydrogen) atoms. The van der Waals surface area contributed by atoms with E-state index in [9.17, 15) is 4.39 Å². The maximum absolute atomic E-state index is 12.9. The molecule has 2 aromatic rings. The Kier molecular flexibility index (Phi) is 3.72. The van der Waals surface area contributed by atoms with Gasteiger partial charge in [0.05, 0.1) is 5.69 Å². The van der Waals surface area contributed by atoms with Crippen LogP contribution in [0.3, 0.4) is 0 Å². The summed E-state index contributed by atoms with van der Waals surface area (Å²) in [4.78, 5) is 4.52. The molecule has 3 nitrogen and oxygen atoms in total. The van der Waals surface area contributed by atoms with Gasteiger partial charge in [-0.1, -0.05) is 0 Å². The van der Waals surface area contributed by atoms with Crippen LogP contribution < -0.4 is 5.32 Å². The minimum atomic E-state index is -0.234. The molecule has 0 saturated heterocycles. The number of halogens is 1. The van der Waals surface area contributed by atoms with Gasteiger partial charge in [0.15, 0.2) is 5.13 Å². The molecular formula is C15H17FN2OS. The topological polar surface area (TPSA) is 45.1 Å². The van der Waals surface area contributed by atoms with E-state index in [-0.39, 0.29) is 17.8 Å². The van der Waals surface area contributed by atoms with Crippen molar-refractivity contribution in [2.45, 2.75) is 19.3 Å². The van der Waals surface area contributed by atoms with Gasteiger partial charge in [-0.15, -0.1) is 11.3 Å². The van der Waals surface area contributed by atoms with Crippen molar-refractivity contribution in [2.24, 2.45) is 5.41 Å². The van der Waals surface area contributed by atoms with Crippen molar-refractivity contribution in [1.82, 2.24) is 4.98 Å². The van der Waals surface area contributed by atoms with E-state index in [2.05, 4.69) is 10.3 Å². The average Bonchev–Trinajstić information content (AvgIpc) is 3.05. The molecule has 3 rings (SSSR count). The van der Waals surface area contributed by atoms with Crippen molar-refractivity contribution in [1.29, 1.82) is 0 Å². The van der Waals surface area contributed by atoms with Crippen LogP contribution in [0.1, 0.15) is 19.3 Å². The summed E-state index contributed by atoms with van der Waals surface area (Å²) < 4.78 is 12.9. The molecule has 0 atom stereocenters. The predicted octanol–water partition coefficient (Wildman–Crippen LogP) is 3.52. The maximum atomic E-state index is 12.9. The highest BCUT2D eigenvalue weighted by Gasteiger charge is 2.41. The molecule has 106 valence electrons. The van der Waals surface area contributed by atoms with Gasteiger partial charge >= 0.3 is 0 Å². The van der Waals surface area contributed by atoms with E-state index in [1.54, 1.807) is 23.5 Å². The lowest BCUT2D eigenvalue weighted by Crippen LogP contribution is -2.16. The Bertz CT molecular complexity index is 578. The van der Waals surface area contributed by atoms with E-state index in [0.29, 0.717) is 0 Å². The van der Waals surface area contributed by atoms with Crippen LogP contribution in [-0.2, 0) is 0 Å². The van der Waals surface area contributed by atoms with Gasteiger partial charge in [0.25, 0.3) is 0 Å². The Balaban J connectivity index is 1.63. The minimum Gasteiger partial charge on any atom is -0.396 e. The molecule has 0 radical (unpaired) electrons. The molecule has 1 aromatic carbocycles. The van der Waals surface area contributed by atoms with Gasteiger partial charge < -0.3 is 10.4 Å². The number of thiazole rings is 1. The number of anilines is 1. The third-order valence-corrected chi connectivity index (χ3v) is 4.66. The van der Waals surface area contributed by atoms with Gasteiger partial charge in [-0.05, 0) is 48.9 Å². The van der Waals surface area contributed by atoms with Crippen molar-refractivity contribution in [3.8, 4) is 11.3 Å². The molecule has 1 aromatic heterocycles. The zero-order chi connectivity index (χ0) is 14.0. The Morgan fingerprint density at radius 3 is 2.70 bits per heavy atom. The Morgan fingerprint density at radius 2 is 2.05 bits per heavy atom. The fraction of sp³-hybridized carbons (Fsp3) is 0.400. The summed E-state index contributed by atoms with van der Waals surface area (Å²) in [5, 5.41) is 15.3. The molecule has 1 fully saturated rings. The molecule has 5 heteroatoms. The van der Waals surface area contributed by atoms with E-state index in [1.807, 2.05) is 5.38 Å². The molecule has 1 aliphatic carbocycles. The zero-order valence-electron chi connectivity index (χ0n) is 11.1. The quantitative estimate of drug-likeness (QED) is 0.856. The standard InChI is InChI=1S/C15H17FN2OS/c16-12-3-1-11(2-4-12)13-9-20-14(18-13)17-10-15(5-6-15)7-8-19/h1-4,9,19H,5-8,10H2,(H,17,18). The molecule has 1 saturated carbocycles. The second-order valence-corrected chi connectivity index (χ2v) is 6.23. The number of benzene rings is 1. The van der Waals surface area contributed by atoms with Gasteiger partial charge in [0.1, 0.15) is 5.82 Å². The molecule has 0 spiro atoms. The highest BCUT2D eigenvalue weighted by Crippen LogP contribution is 2.48. The summed E-state index contributed by atoms with van der Waals surface area (Å²) in [5.41, 5.74) is 2.06. The van der Waals surface area contributed by atoms with Crippen LogP contribution in [0.4, 0.5) is 9.52 Å².